The minimum absolute atomic E-state index is 0.0817. The summed E-state index contributed by atoms with van der Waals surface area (Å²) in [5.41, 5.74) is -1.08. The van der Waals surface area contributed by atoms with E-state index in [0.717, 1.165) is 30.5 Å². The lowest BCUT2D eigenvalue weighted by atomic mass is 10.1. The van der Waals surface area contributed by atoms with Crippen LogP contribution in [0.1, 0.15) is 5.56 Å². The van der Waals surface area contributed by atoms with Crippen LogP contribution in [-0.2, 0) is 4.74 Å². The fraction of sp³-hybridized carbons (Fsp3) is 0.211. The molecule has 37 heavy (non-hydrogen) atoms. The van der Waals surface area contributed by atoms with E-state index in [0.29, 0.717) is 0 Å². The van der Waals surface area contributed by atoms with Crippen molar-refractivity contribution in [2.24, 2.45) is 4.99 Å². The predicted octanol–water partition coefficient (Wildman–Crippen LogP) is -1.70. The second kappa shape index (κ2) is 7.82. The van der Waals surface area contributed by atoms with Crippen LogP contribution in [0.15, 0.2) is 35.5 Å². The van der Waals surface area contributed by atoms with Crippen molar-refractivity contribution in [3.63, 3.8) is 0 Å². The molecule has 196 valence electrons. The number of nitrogens with one attached hydrogen (secondary N) is 2. The molecule has 0 spiro atoms. The van der Waals surface area contributed by atoms with Gasteiger partial charge in [0, 0.05) is 5.56 Å². The highest BCUT2D eigenvalue weighted by atomic mass is 35.5. The molecule has 1 fully saturated rings. The van der Waals surface area contributed by atoms with Gasteiger partial charge in [-0.1, -0.05) is 17.7 Å². The molecular weight excluding hydrogens is 530 g/mol. The number of rotatable bonds is 2. The SMILES string of the molecule is OC1(O)OC(O)(O)C(O)(O)N(c2cc3c(cn2)NC(c2c(F)cccc2F)=Nc2c-3n[nH]c2Cl)C1(O)O. The molecule has 2 aliphatic heterocycles. The van der Waals surface area contributed by atoms with Gasteiger partial charge < -0.3 is 46.2 Å². The number of nitrogens with zero attached hydrogens (tertiary/aromatic N) is 4. The minimum Gasteiger partial charge on any atom is -0.342 e. The molecule has 15 nitrogen and oxygen atoms in total. The van der Waals surface area contributed by atoms with Gasteiger partial charge in [0.15, 0.2) is 5.15 Å². The topological polar surface area (TPSA) is 240 Å². The lowest BCUT2D eigenvalue weighted by molar-refractivity contribution is -0.606. The average molecular weight is 545 g/mol. The van der Waals surface area contributed by atoms with Crippen LogP contribution in [0.5, 0.6) is 0 Å². The molecule has 10 N–H and O–H groups in total. The maximum absolute atomic E-state index is 14.5. The van der Waals surface area contributed by atoms with E-state index < -0.39 is 51.7 Å². The number of benzene rings is 1. The van der Waals surface area contributed by atoms with Crippen LogP contribution in [0.25, 0.3) is 11.3 Å². The van der Waals surface area contributed by atoms with Crippen LogP contribution < -0.4 is 10.2 Å². The Morgan fingerprint density at radius 3 is 2.14 bits per heavy atom. The molecule has 5 rings (SSSR count). The second-order valence-corrected chi connectivity index (χ2v) is 8.31. The number of aliphatic imine (C=N–C) groups is 1. The second-order valence-electron chi connectivity index (χ2n) is 7.93. The number of ether oxygens (including phenoxy) is 1. The maximum Gasteiger partial charge on any atom is 0.362 e. The van der Waals surface area contributed by atoms with Gasteiger partial charge >= 0.3 is 23.8 Å². The summed E-state index contributed by atoms with van der Waals surface area (Å²) < 4.78 is 32.9. The first-order valence-electron chi connectivity index (χ1n) is 9.92. The number of morpholine rings is 1. The highest BCUT2D eigenvalue weighted by molar-refractivity contribution is 6.33. The Morgan fingerprint density at radius 1 is 0.946 bits per heavy atom. The number of hydrogen-bond acceptors (Lipinski definition) is 14. The Labute approximate surface area is 207 Å². The number of amidine groups is 1. The number of anilines is 2. The molecule has 2 aromatic heterocycles. The lowest BCUT2D eigenvalue weighted by Crippen LogP contribution is -2.84. The van der Waals surface area contributed by atoms with E-state index in [-0.39, 0.29) is 33.6 Å². The van der Waals surface area contributed by atoms with Gasteiger partial charge in [0.2, 0.25) is 0 Å². The zero-order valence-electron chi connectivity index (χ0n) is 17.8. The first-order chi connectivity index (χ1) is 17.1. The van der Waals surface area contributed by atoms with E-state index in [2.05, 4.69) is 30.2 Å². The molecule has 0 aliphatic carbocycles. The molecule has 0 radical (unpaired) electrons. The number of pyridine rings is 1. The first kappa shape index (κ1) is 25.3. The molecule has 18 heteroatoms. The Morgan fingerprint density at radius 2 is 1.54 bits per heavy atom. The van der Waals surface area contributed by atoms with Crippen molar-refractivity contribution in [3.05, 3.63) is 52.8 Å². The molecular formula is C19H15ClF2N6O9. The molecule has 0 amide bonds. The molecule has 0 saturated carbocycles. The normalized spacial score (nSPS) is 20.8. The van der Waals surface area contributed by atoms with Crippen LogP contribution in [0, 0.1) is 11.6 Å². The Bertz CT molecular complexity index is 1420. The summed E-state index contributed by atoms with van der Waals surface area (Å²) in [5.74, 6) is -20.1. The third-order valence-electron chi connectivity index (χ3n) is 5.53. The molecule has 2 aliphatic rings. The quantitative estimate of drug-likeness (QED) is 0.162. The third-order valence-corrected chi connectivity index (χ3v) is 5.79. The van der Waals surface area contributed by atoms with E-state index in [9.17, 15) is 49.6 Å². The van der Waals surface area contributed by atoms with E-state index in [1.165, 1.54) is 0 Å². The van der Waals surface area contributed by atoms with Gasteiger partial charge in [-0.2, -0.15) is 5.10 Å². The molecule has 3 aromatic rings. The van der Waals surface area contributed by atoms with E-state index in [1.54, 1.807) is 0 Å². The summed E-state index contributed by atoms with van der Waals surface area (Å²) >= 11 is 6.11. The van der Waals surface area contributed by atoms with Crippen LogP contribution in [0.3, 0.4) is 0 Å². The smallest absolute Gasteiger partial charge is 0.342 e. The lowest BCUT2D eigenvalue weighted by Gasteiger charge is -2.55. The van der Waals surface area contributed by atoms with E-state index in [4.69, 9.17) is 11.6 Å². The fourth-order valence-corrected chi connectivity index (χ4v) is 3.91. The highest BCUT2D eigenvalue weighted by Gasteiger charge is 2.75. The number of halogens is 3. The predicted molar refractivity (Wildman–Crippen MR) is 115 cm³/mol. The van der Waals surface area contributed by atoms with Crippen LogP contribution in [0.2, 0.25) is 5.15 Å². The number of hydrogen-bond donors (Lipinski definition) is 10. The summed E-state index contributed by atoms with van der Waals surface area (Å²) in [6.07, 6.45) is 0.866. The van der Waals surface area contributed by atoms with E-state index in [1.807, 2.05) is 0 Å². The van der Waals surface area contributed by atoms with Crippen LogP contribution in [-0.4, -0.2) is 85.6 Å². The van der Waals surface area contributed by atoms with Gasteiger partial charge in [-0.3, -0.25) is 9.84 Å². The van der Waals surface area contributed by atoms with Crippen LogP contribution in [0.4, 0.5) is 26.0 Å². The van der Waals surface area contributed by atoms with Crippen molar-refractivity contribution in [3.8, 4) is 11.3 Å². The van der Waals surface area contributed by atoms with Crippen molar-refractivity contribution in [2.75, 3.05) is 10.2 Å². The molecule has 0 atom stereocenters. The Kier molecular flexibility index (Phi) is 5.35. The maximum atomic E-state index is 14.5. The van der Waals surface area contributed by atoms with Gasteiger partial charge in [-0.15, -0.1) is 0 Å². The van der Waals surface area contributed by atoms with Gasteiger partial charge in [0.25, 0.3) is 0 Å². The summed E-state index contributed by atoms with van der Waals surface area (Å²) in [7, 11) is 0. The summed E-state index contributed by atoms with van der Waals surface area (Å²) in [6.45, 7) is 0. The van der Waals surface area contributed by atoms with Crippen molar-refractivity contribution < 1.29 is 54.4 Å². The van der Waals surface area contributed by atoms with Crippen LogP contribution >= 0.6 is 11.6 Å². The van der Waals surface area contributed by atoms with Gasteiger partial charge in [-0.05, 0) is 18.2 Å². The molecule has 0 unspecified atom stereocenters. The largest absolute Gasteiger partial charge is 0.362 e. The van der Waals surface area contributed by atoms with Gasteiger partial charge in [0.1, 0.15) is 34.7 Å². The zero-order valence-corrected chi connectivity index (χ0v) is 18.6. The minimum atomic E-state index is -4.22. The Hall–Kier alpha value is -3.36. The molecule has 1 saturated heterocycles. The fourth-order valence-electron chi connectivity index (χ4n) is 3.74. The number of aliphatic hydroxyl groups is 8. The monoisotopic (exact) mass is 544 g/mol. The number of fused-ring (bicyclic) bond motifs is 3. The number of aromatic amines is 1. The van der Waals surface area contributed by atoms with E-state index >= 15 is 0 Å². The first-order valence-corrected chi connectivity index (χ1v) is 10.3. The van der Waals surface area contributed by atoms with Crippen molar-refractivity contribution >= 4 is 34.6 Å². The molecule has 4 heterocycles. The van der Waals surface area contributed by atoms with Gasteiger partial charge in [0.05, 0.1) is 17.4 Å². The number of aromatic nitrogens is 3. The van der Waals surface area contributed by atoms with Crippen molar-refractivity contribution in [2.45, 2.75) is 23.8 Å². The Balaban J connectivity index is 1.71. The van der Waals surface area contributed by atoms with Gasteiger partial charge in [-0.25, -0.2) is 23.7 Å². The van der Waals surface area contributed by atoms with Crippen molar-refractivity contribution in [1.29, 1.82) is 0 Å². The highest BCUT2D eigenvalue weighted by Crippen LogP contribution is 2.46. The third kappa shape index (κ3) is 3.57. The van der Waals surface area contributed by atoms with Crippen molar-refractivity contribution in [1.82, 2.24) is 15.2 Å². The standard InChI is InChI=1S/C19H15ClF2N6O9/c20-14-13-12(26-27-14)6-4-10(28-16(29,30)18(33,34)37-19(35,36)17(28,31)32)23-5-9(6)24-15(25-13)11-7(21)2-1-3-8(11)22/h1-5,29-36H,(H,24,25)(H,26,27). The molecule has 0 bridgehead atoms. The summed E-state index contributed by atoms with van der Waals surface area (Å²) in [6, 6.07) is 3.90. The summed E-state index contributed by atoms with van der Waals surface area (Å²) in [5, 5.41) is 89.3. The summed E-state index contributed by atoms with van der Waals surface area (Å²) in [4.78, 5) is 7.38. The molecule has 1 aromatic carbocycles. The average Bonchev–Trinajstić information content (AvgIpc) is 3.03. The zero-order chi connectivity index (χ0) is 27.1. The number of H-pyrrole nitrogens is 1.